The fourth-order valence-corrected chi connectivity index (χ4v) is 3.81. The van der Waals surface area contributed by atoms with Gasteiger partial charge in [-0.2, -0.15) is 0 Å². The molecule has 0 saturated carbocycles. The van der Waals surface area contributed by atoms with E-state index in [0.717, 1.165) is 36.0 Å². The van der Waals surface area contributed by atoms with Crippen LogP contribution >= 0.6 is 0 Å². The molecular weight excluding hydrogens is 394 g/mol. The minimum Gasteiger partial charge on any atom is -0.497 e. The molecule has 1 aliphatic heterocycles. The van der Waals surface area contributed by atoms with Crippen LogP contribution in [0.2, 0.25) is 0 Å². The van der Waals surface area contributed by atoms with Crippen molar-refractivity contribution in [2.45, 2.75) is 13.8 Å². The van der Waals surface area contributed by atoms with Crippen molar-refractivity contribution in [3.8, 4) is 17.2 Å². The molecule has 0 aliphatic carbocycles. The zero-order valence-corrected chi connectivity index (χ0v) is 18.1. The largest absolute Gasteiger partial charge is 0.497 e. The summed E-state index contributed by atoms with van der Waals surface area (Å²) in [4.78, 5) is 17.2. The lowest BCUT2D eigenvalue weighted by Gasteiger charge is -2.36. The van der Waals surface area contributed by atoms with Gasteiger partial charge in [0.2, 0.25) is 0 Å². The number of carbonyl (C=O) groups is 1. The molecule has 0 atom stereocenters. The highest BCUT2D eigenvalue weighted by molar-refractivity contribution is 5.93. The summed E-state index contributed by atoms with van der Waals surface area (Å²) in [6.45, 7) is 7.17. The maximum absolute atomic E-state index is 13.1. The summed E-state index contributed by atoms with van der Waals surface area (Å²) in [6, 6.07) is 15.6. The second-order valence-electron chi connectivity index (χ2n) is 7.32. The average Bonchev–Trinajstić information content (AvgIpc) is 3.20. The summed E-state index contributed by atoms with van der Waals surface area (Å²) < 4.78 is 12.7. The molecule has 1 saturated heterocycles. The second-order valence-corrected chi connectivity index (χ2v) is 7.32. The van der Waals surface area contributed by atoms with Gasteiger partial charge in [0.15, 0.2) is 5.69 Å². The van der Waals surface area contributed by atoms with Crippen LogP contribution in [-0.4, -0.2) is 65.7 Å². The first kappa shape index (κ1) is 20.7. The van der Waals surface area contributed by atoms with Crippen LogP contribution in [-0.2, 0) is 0 Å². The number of carbonyl (C=O) groups excluding carboxylic acids is 1. The van der Waals surface area contributed by atoms with Crippen LogP contribution in [0.3, 0.4) is 0 Å². The number of benzene rings is 2. The quantitative estimate of drug-likeness (QED) is 0.609. The van der Waals surface area contributed by atoms with Gasteiger partial charge in [-0.15, -0.1) is 5.10 Å². The van der Waals surface area contributed by atoms with E-state index in [1.165, 1.54) is 0 Å². The first-order valence-electron chi connectivity index (χ1n) is 10.4. The number of nitrogens with zero attached hydrogens (tertiary/aromatic N) is 5. The molecule has 0 spiro atoms. The zero-order chi connectivity index (χ0) is 21.8. The number of anilines is 1. The fraction of sp³-hybridized carbons (Fsp3) is 0.348. The number of aromatic nitrogens is 3. The van der Waals surface area contributed by atoms with E-state index in [2.05, 4.69) is 21.3 Å². The summed E-state index contributed by atoms with van der Waals surface area (Å²) in [5.41, 5.74) is 2.96. The van der Waals surface area contributed by atoms with Gasteiger partial charge in [0.05, 0.1) is 30.8 Å². The van der Waals surface area contributed by atoms with Gasteiger partial charge in [0.25, 0.3) is 5.91 Å². The highest BCUT2D eigenvalue weighted by atomic mass is 16.5. The predicted octanol–water partition coefficient (Wildman–Crippen LogP) is 2.95. The molecule has 1 amide bonds. The van der Waals surface area contributed by atoms with Crippen molar-refractivity contribution < 1.29 is 14.3 Å². The maximum atomic E-state index is 13.1. The van der Waals surface area contributed by atoms with E-state index >= 15 is 0 Å². The van der Waals surface area contributed by atoms with Crippen molar-refractivity contribution in [2.24, 2.45) is 0 Å². The Morgan fingerprint density at radius 3 is 2.58 bits per heavy atom. The normalized spacial score (nSPS) is 13.9. The monoisotopic (exact) mass is 421 g/mol. The number of methoxy groups -OCH3 is 1. The molecule has 2 aromatic carbocycles. The van der Waals surface area contributed by atoms with Crippen molar-refractivity contribution >= 4 is 11.6 Å². The van der Waals surface area contributed by atoms with E-state index in [9.17, 15) is 4.79 Å². The van der Waals surface area contributed by atoms with E-state index in [1.54, 1.807) is 11.8 Å². The Morgan fingerprint density at radius 1 is 1.06 bits per heavy atom. The van der Waals surface area contributed by atoms with E-state index in [4.69, 9.17) is 9.47 Å². The lowest BCUT2D eigenvalue weighted by Crippen LogP contribution is -2.49. The minimum absolute atomic E-state index is 0.0932. The van der Waals surface area contributed by atoms with Crippen LogP contribution in [0, 0.1) is 6.92 Å². The molecule has 3 aromatic rings. The third kappa shape index (κ3) is 4.19. The third-order valence-electron chi connectivity index (χ3n) is 5.47. The minimum atomic E-state index is -0.0932. The van der Waals surface area contributed by atoms with Gasteiger partial charge in [0, 0.05) is 32.2 Å². The molecule has 2 heterocycles. The first-order chi connectivity index (χ1) is 15.1. The highest BCUT2D eigenvalue weighted by Gasteiger charge is 2.27. The van der Waals surface area contributed by atoms with Gasteiger partial charge in [-0.3, -0.25) is 4.79 Å². The van der Waals surface area contributed by atoms with Gasteiger partial charge in [-0.05, 0) is 38.1 Å². The van der Waals surface area contributed by atoms with Gasteiger partial charge >= 0.3 is 0 Å². The zero-order valence-electron chi connectivity index (χ0n) is 18.1. The summed E-state index contributed by atoms with van der Waals surface area (Å²) in [6.07, 6.45) is 0. The molecule has 0 bridgehead atoms. The number of rotatable bonds is 6. The first-order valence-corrected chi connectivity index (χ1v) is 10.4. The Labute approximate surface area is 182 Å². The summed E-state index contributed by atoms with van der Waals surface area (Å²) in [5.74, 6) is 1.51. The van der Waals surface area contributed by atoms with Crippen LogP contribution < -0.4 is 14.4 Å². The Hall–Kier alpha value is -3.55. The summed E-state index contributed by atoms with van der Waals surface area (Å²) >= 11 is 0. The van der Waals surface area contributed by atoms with Crippen molar-refractivity contribution in [1.29, 1.82) is 0 Å². The van der Waals surface area contributed by atoms with Crippen LogP contribution in [0.25, 0.3) is 5.69 Å². The predicted molar refractivity (Wildman–Crippen MR) is 118 cm³/mol. The Kier molecular flexibility index (Phi) is 6.06. The van der Waals surface area contributed by atoms with Crippen molar-refractivity contribution in [1.82, 2.24) is 19.9 Å². The number of para-hydroxylation sites is 2. The second kappa shape index (κ2) is 9.07. The topological polar surface area (TPSA) is 72.7 Å². The van der Waals surface area contributed by atoms with Crippen LogP contribution in [0.4, 0.5) is 5.69 Å². The van der Waals surface area contributed by atoms with E-state index in [1.807, 2.05) is 61.2 Å². The maximum Gasteiger partial charge on any atom is 0.276 e. The van der Waals surface area contributed by atoms with Gasteiger partial charge in [0.1, 0.15) is 11.5 Å². The molecule has 1 aromatic heterocycles. The van der Waals surface area contributed by atoms with Gasteiger partial charge in [-0.25, -0.2) is 4.68 Å². The van der Waals surface area contributed by atoms with Crippen LogP contribution in [0.5, 0.6) is 11.5 Å². The molecule has 1 aliphatic rings. The molecule has 0 unspecified atom stereocenters. The van der Waals surface area contributed by atoms with Gasteiger partial charge in [-0.1, -0.05) is 23.4 Å². The Balaban J connectivity index is 1.47. The molecule has 1 fully saturated rings. The molecule has 0 radical (unpaired) electrons. The average molecular weight is 422 g/mol. The Morgan fingerprint density at radius 2 is 1.84 bits per heavy atom. The van der Waals surface area contributed by atoms with Crippen LogP contribution in [0.15, 0.2) is 48.5 Å². The molecule has 31 heavy (non-hydrogen) atoms. The molecule has 4 rings (SSSR count). The highest BCUT2D eigenvalue weighted by Crippen LogP contribution is 2.29. The van der Waals surface area contributed by atoms with E-state index in [-0.39, 0.29) is 5.91 Å². The number of ether oxygens (including phenoxy) is 2. The molecular formula is C23H27N5O3. The molecule has 8 nitrogen and oxygen atoms in total. The van der Waals surface area contributed by atoms with Crippen molar-refractivity contribution in [2.75, 3.05) is 44.8 Å². The van der Waals surface area contributed by atoms with E-state index in [0.29, 0.717) is 31.1 Å². The van der Waals surface area contributed by atoms with E-state index < -0.39 is 0 Å². The van der Waals surface area contributed by atoms with Crippen molar-refractivity contribution in [3.63, 3.8) is 0 Å². The van der Waals surface area contributed by atoms with Crippen LogP contribution in [0.1, 0.15) is 23.1 Å². The van der Waals surface area contributed by atoms with Crippen molar-refractivity contribution in [3.05, 3.63) is 59.9 Å². The fourth-order valence-electron chi connectivity index (χ4n) is 3.81. The number of hydrogen-bond acceptors (Lipinski definition) is 6. The molecule has 0 N–H and O–H groups in total. The lowest BCUT2D eigenvalue weighted by molar-refractivity contribution is 0.0740. The lowest BCUT2D eigenvalue weighted by atomic mass is 10.2. The molecule has 162 valence electrons. The third-order valence-corrected chi connectivity index (χ3v) is 5.47. The summed E-state index contributed by atoms with van der Waals surface area (Å²) in [5, 5.41) is 8.39. The standard InChI is InChI=1S/C23H27N5O3/c1-4-31-21-11-6-5-10-20(21)26-12-14-27(15-13-26)23(29)22-17(2)28(25-24-22)18-8-7-9-19(16-18)30-3/h5-11,16H,4,12-15H2,1-3H3. The Bertz CT molecular complexity index is 1060. The number of piperazine rings is 1. The summed E-state index contributed by atoms with van der Waals surface area (Å²) in [7, 11) is 1.62. The number of hydrogen-bond donors (Lipinski definition) is 0. The van der Waals surface area contributed by atoms with Gasteiger partial charge < -0.3 is 19.3 Å². The smallest absolute Gasteiger partial charge is 0.276 e. The number of amides is 1. The molecule has 8 heteroatoms. The SMILES string of the molecule is CCOc1ccccc1N1CCN(C(=O)c2nnn(-c3cccc(OC)c3)c2C)CC1.